The van der Waals surface area contributed by atoms with Crippen molar-refractivity contribution >= 4 is 0 Å². The van der Waals surface area contributed by atoms with Crippen LogP contribution in [0.5, 0.6) is 5.75 Å². The number of rotatable bonds is 6. The fourth-order valence-electron chi connectivity index (χ4n) is 2.24. The van der Waals surface area contributed by atoms with Gasteiger partial charge in [-0.05, 0) is 12.5 Å². The van der Waals surface area contributed by atoms with Gasteiger partial charge in [0.15, 0.2) is 5.75 Å². The fourth-order valence-corrected chi connectivity index (χ4v) is 2.24. The second-order valence-corrected chi connectivity index (χ2v) is 4.44. The molecular weight excluding hydrogens is 259 g/mol. The number of nitrogens with two attached hydrogens (primary N) is 1. The first-order valence-electron chi connectivity index (χ1n) is 6.53. The second-order valence-electron chi connectivity index (χ2n) is 4.44. The predicted molar refractivity (Wildman–Crippen MR) is 74.6 cm³/mol. The van der Waals surface area contributed by atoms with E-state index in [9.17, 15) is 4.39 Å². The zero-order valence-electron chi connectivity index (χ0n) is 11.6. The van der Waals surface area contributed by atoms with Gasteiger partial charge in [0.2, 0.25) is 0 Å². The first-order valence-corrected chi connectivity index (χ1v) is 6.53. The molecule has 20 heavy (non-hydrogen) atoms. The van der Waals surface area contributed by atoms with Gasteiger partial charge in [-0.2, -0.15) is 5.10 Å². The number of methoxy groups -OCH3 is 1. The average molecular weight is 278 g/mol. The predicted octanol–water partition coefficient (Wildman–Crippen LogP) is 1.99. The summed E-state index contributed by atoms with van der Waals surface area (Å²) in [5.41, 5.74) is 3.84. The van der Waals surface area contributed by atoms with Crippen LogP contribution in [0.15, 0.2) is 30.5 Å². The Bertz CT molecular complexity index is 570. The Morgan fingerprint density at radius 2 is 2.20 bits per heavy atom. The lowest BCUT2D eigenvalue weighted by atomic mass is 10.0. The van der Waals surface area contributed by atoms with Gasteiger partial charge in [0, 0.05) is 12.1 Å². The molecule has 108 valence electrons. The number of nitrogens with one attached hydrogen (secondary N) is 1. The van der Waals surface area contributed by atoms with E-state index in [1.807, 2.05) is 6.92 Å². The molecule has 1 heterocycles. The molecule has 1 aromatic carbocycles. The molecule has 0 amide bonds. The maximum atomic E-state index is 14.0. The quantitative estimate of drug-likeness (QED) is 0.626. The Labute approximate surface area is 117 Å². The molecule has 0 saturated carbocycles. The zero-order valence-corrected chi connectivity index (χ0v) is 11.6. The minimum atomic E-state index is -0.514. The van der Waals surface area contributed by atoms with E-state index in [1.54, 1.807) is 36.2 Å². The van der Waals surface area contributed by atoms with Crippen LogP contribution in [0.3, 0.4) is 0 Å². The lowest BCUT2D eigenvalue weighted by molar-refractivity contribution is 0.396. The molecule has 0 saturated heterocycles. The summed E-state index contributed by atoms with van der Waals surface area (Å²) in [4.78, 5) is 0. The Morgan fingerprint density at radius 3 is 2.80 bits per heavy atom. The van der Waals surface area contributed by atoms with Gasteiger partial charge >= 0.3 is 0 Å². The van der Waals surface area contributed by atoms with Crippen molar-refractivity contribution in [3.05, 3.63) is 47.5 Å². The molecule has 1 atom stereocenters. The maximum Gasteiger partial charge on any atom is 0.161 e. The number of nitrogens with zero attached hydrogens (tertiary/aromatic N) is 2. The number of halogens is 1. The first kappa shape index (κ1) is 14.5. The molecular formula is C14H19FN4O. The molecule has 5 nitrogen and oxygen atoms in total. The van der Waals surface area contributed by atoms with Crippen molar-refractivity contribution in [2.75, 3.05) is 7.11 Å². The molecule has 0 spiro atoms. The summed E-state index contributed by atoms with van der Waals surface area (Å²) in [6.45, 7) is 2.76. The van der Waals surface area contributed by atoms with Crippen molar-refractivity contribution in [3.63, 3.8) is 0 Å². The number of hydrogen-bond acceptors (Lipinski definition) is 4. The fraction of sp³-hybridized carbons (Fsp3) is 0.357. The van der Waals surface area contributed by atoms with Crippen molar-refractivity contribution in [1.29, 1.82) is 0 Å². The van der Waals surface area contributed by atoms with Crippen molar-refractivity contribution in [2.45, 2.75) is 25.9 Å². The number of aromatic nitrogens is 2. The first-order chi connectivity index (χ1) is 9.72. The van der Waals surface area contributed by atoms with E-state index >= 15 is 0 Å². The van der Waals surface area contributed by atoms with Crippen LogP contribution in [-0.4, -0.2) is 16.9 Å². The highest BCUT2D eigenvalue weighted by Crippen LogP contribution is 2.30. The molecule has 1 unspecified atom stereocenters. The van der Waals surface area contributed by atoms with Crippen LogP contribution >= 0.6 is 0 Å². The van der Waals surface area contributed by atoms with Crippen LogP contribution in [0, 0.1) is 5.82 Å². The molecule has 0 aliphatic heterocycles. The van der Waals surface area contributed by atoms with Gasteiger partial charge in [0.05, 0.1) is 19.3 Å². The minimum absolute atomic E-state index is 0.318. The third-order valence-corrected chi connectivity index (χ3v) is 3.16. The van der Waals surface area contributed by atoms with Crippen LogP contribution in [0.4, 0.5) is 4.39 Å². The highest BCUT2D eigenvalue weighted by Gasteiger charge is 2.24. The molecule has 0 fully saturated rings. The molecule has 0 aliphatic rings. The molecule has 2 aromatic rings. The number of aryl methyl sites for hydroxylation is 1. The van der Waals surface area contributed by atoms with Crippen molar-refractivity contribution in [3.8, 4) is 5.75 Å². The Balaban J connectivity index is 2.51. The number of benzene rings is 1. The lowest BCUT2D eigenvalue weighted by Crippen LogP contribution is -2.31. The zero-order chi connectivity index (χ0) is 14.5. The molecule has 1 aromatic heterocycles. The van der Waals surface area contributed by atoms with E-state index in [-0.39, 0.29) is 5.82 Å². The average Bonchev–Trinajstić information content (AvgIpc) is 2.85. The van der Waals surface area contributed by atoms with E-state index in [0.717, 1.165) is 12.1 Å². The maximum absolute atomic E-state index is 14.0. The van der Waals surface area contributed by atoms with E-state index in [2.05, 4.69) is 10.5 Å². The van der Waals surface area contributed by atoms with E-state index in [0.29, 0.717) is 17.9 Å². The Kier molecular flexibility index (Phi) is 4.70. The normalized spacial score (nSPS) is 12.4. The van der Waals surface area contributed by atoms with Crippen LogP contribution in [-0.2, 0) is 6.54 Å². The van der Waals surface area contributed by atoms with Crippen molar-refractivity contribution in [2.24, 2.45) is 5.84 Å². The van der Waals surface area contributed by atoms with E-state index in [4.69, 9.17) is 10.6 Å². The third kappa shape index (κ3) is 2.66. The number of hydrogen-bond donors (Lipinski definition) is 2. The summed E-state index contributed by atoms with van der Waals surface area (Å²) in [6.07, 6.45) is 2.53. The molecule has 0 aliphatic carbocycles. The lowest BCUT2D eigenvalue weighted by Gasteiger charge is -2.19. The standard InChI is InChI=1S/C14H19FN4O/c1-3-8-19-14(12(20-2)9-17-19)13(18-16)10-6-4-5-7-11(10)15/h4-7,9,13,18H,3,8,16H2,1-2H3. The topological polar surface area (TPSA) is 65.1 Å². The highest BCUT2D eigenvalue weighted by molar-refractivity contribution is 5.36. The van der Waals surface area contributed by atoms with Gasteiger partial charge in [0.25, 0.3) is 0 Å². The van der Waals surface area contributed by atoms with Crippen molar-refractivity contribution in [1.82, 2.24) is 15.2 Å². The third-order valence-electron chi connectivity index (χ3n) is 3.16. The summed E-state index contributed by atoms with van der Waals surface area (Å²) in [6, 6.07) is 6.01. The Hall–Kier alpha value is -1.92. The van der Waals surface area contributed by atoms with Gasteiger partial charge in [-0.3, -0.25) is 10.5 Å². The smallest absolute Gasteiger partial charge is 0.161 e. The van der Waals surface area contributed by atoms with Crippen LogP contribution in [0.1, 0.15) is 30.6 Å². The molecule has 2 rings (SSSR count). The SMILES string of the molecule is CCCn1ncc(OC)c1C(NN)c1ccccc1F. The van der Waals surface area contributed by atoms with Gasteiger partial charge in [-0.25, -0.2) is 9.82 Å². The van der Waals surface area contributed by atoms with Gasteiger partial charge < -0.3 is 4.74 Å². The number of ether oxygens (including phenoxy) is 1. The summed E-state index contributed by atoms with van der Waals surface area (Å²) in [5, 5.41) is 4.27. The summed E-state index contributed by atoms with van der Waals surface area (Å²) in [5.74, 6) is 5.91. The van der Waals surface area contributed by atoms with Gasteiger partial charge in [-0.1, -0.05) is 25.1 Å². The number of hydrazine groups is 1. The molecule has 0 radical (unpaired) electrons. The van der Waals surface area contributed by atoms with Gasteiger partial charge in [0.1, 0.15) is 11.5 Å². The van der Waals surface area contributed by atoms with E-state index in [1.165, 1.54) is 6.07 Å². The Morgan fingerprint density at radius 1 is 1.45 bits per heavy atom. The highest BCUT2D eigenvalue weighted by atomic mass is 19.1. The second kappa shape index (κ2) is 6.49. The van der Waals surface area contributed by atoms with Gasteiger partial charge in [-0.15, -0.1) is 0 Å². The monoisotopic (exact) mass is 278 g/mol. The van der Waals surface area contributed by atoms with Crippen LogP contribution < -0.4 is 16.0 Å². The molecule has 6 heteroatoms. The summed E-state index contributed by atoms with van der Waals surface area (Å²) in [7, 11) is 1.56. The minimum Gasteiger partial charge on any atom is -0.493 e. The van der Waals surface area contributed by atoms with E-state index < -0.39 is 6.04 Å². The molecule has 0 bridgehead atoms. The van der Waals surface area contributed by atoms with Crippen LogP contribution in [0.25, 0.3) is 0 Å². The van der Waals surface area contributed by atoms with Crippen LogP contribution in [0.2, 0.25) is 0 Å². The van der Waals surface area contributed by atoms with Crippen molar-refractivity contribution < 1.29 is 9.13 Å². The largest absolute Gasteiger partial charge is 0.493 e. The summed E-state index contributed by atoms with van der Waals surface area (Å²) < 4.78 is 21.1. The molecule has 3 N–H and O–H groups in total. The summed E-state index contributed by atoms with van der Waals surface area (Å²) >= 11 is 0.